The lowest BCUT2D eigenvalue weighted by atomic mass is 9.99. The van der Waals surface area contributed by atoms with Crippen molar-refractivity contribution in [3.05, 3.63) is 59.7 Å². The van der Waals surface area contributed by atoms with Gasteiger partial charge in [0.25, 0.3) is 0 Å². The molecule has 0 atom stereocenters. The molecule has 122 valence electrons. The Kier molecular flexibility index (Phi) is 7.06. The summed E-state index contributed by atoms with van der Waals surface area (Å²) in [5, 5.41) is 0. The van der Waals surface area contributed by atoms with Crippen LogP contribution in [0.2, 0.25) is 0 Å². The van der Waals surface area contributed by atoms with Gasteiger partial charge in [-0.15, -0.1) is 0 Å². The topological polar surface area (TPSA) is 17.1 Å². The summed E-state index contributed by atoms with van der Waals surface area (Å²) < 4.78 is 0. The van der Waals surface area contributed by atoms with Crippen molar-refractivity contribution in [3.8, 4) is 11.1 Å². The summed E-state index contributed by atoms with van der Waals surface area (Å²) in [6, 6.07) is 16.9. The van der Waals surface area contributed by atoms with Crippen LogP contribution in [0.4, 0.5) is 0 Å². The van der Waals surface area contributed by atoms with Crippen LogP contribution in [-0.2, 0) is 6.42 Å². The van der Waals surface area contributed by atoms with Crippen LogP contribution in [0.1, 0.15) is 68.3 Å². The maximum Gasteiger partial charge on any atom is 0.162 e. The second-order valence-corrected chi connectivity index (χ2v) is 6.26. The van der Waals surface area contributed by atoms with Gasteiger partial charge in [-0.05, 0) is 36.0 Å². The van der Waals surface area contributed by atoms with Crippen molar-refractivity contribution in [2.24, 2.45) is 0 Å². The molecule has 0 N–H and O–H groups in total. The van der Waals surface area contributed by atoms with Crippen LogP contribution in [0.25, 0.3) is 11.1 Å². The lowest BCUT2D eigenvalue weighted by Gasteiger charge is -2.06. The Bertz CT molecular complexity index is 593. The summed E-state index contributed by atoms with van der Waals surface area (Å²) in [7, 11) is 0. The van der Waals surface area contributed by atoms with Crippen molar-refractivity contribution in [1.82, 2.24) is 0 Å². The van der Waals surface area contributed by atoms with E-state index < -0.39 is 0 Å². The zero-order valence-electron chi connectivity index (χ0n) is 14.5. The fraction of sp³-hybridized carbons (Fsp3) is 0.409. The minimum Gasteiger partial charge on any atom is -0.294 e. The van der Waals surface area contributed by atoms with Crippen molar-refractivity contribution in [3.63, 3.8) is 0 Å². The molecular weight excluding hydrogens is 280 g/mol. The van der Waals surface area contributed by atoms with Crippen molar-refractivity contribution in [2.45, 2.75) is 58.8 Å². The SMILES string of the molecule is CCCCCc1ccc(-c2ccc(C(=O)CCCC)cc2)cc1. The number of aryl methyl sites for hydroxylation is 1. The van der Waals surface area contributed by atoms with Crippen molar-refractivity contribution < 1.29 is 4.79 Å². The van der Waals surface area contributed by atoms with Crippen LogP contribution in [0.5, 0.6) is 0 Å². The minimum absolute atomic E-state index is 0.254. The molecule has 23 heavy (non-hydrogen) atoms. The van der Waals surface area contributed by atoms with E-state index in [-0.39, 0.29) is 5.78 Å². The number of Topliss-reactive ketones (excluding diaryl/α,β-unsaturated/α-hetero) is 1. The van der Waals surface area contributed by atoms with E-state index in [0.717, 1.165) is 18.4 Å². The molecule has 0 bridgehead atoms. The molecule has 0 fully saturated rings. The van der Waals surface area contributed by atoms with Crippen LogP contribution in [0.15, 0.2) is 48.5 Å². The molecule has 2 rings (SSSR count). The summed E-state index contributed by atoms with van der Waals surface area (Å²) in [4.78, 5) is 12.0. The van der Waals surface area contributed by atoms with Crippen LogP contribution in [0.3, 0.4) is 0 Å². The van der Waals surface area contributed by atoms with Gasteiger partial charge in [0.05, 0.1) is 0 Å². The average Bonchev–Trinajstić information content (AvgIpc) is 2.61. The van der Waals surface area contributed by atoms with E-state index in [1.807, 2.05) is 12.1 Å². The Morgan fingerprint density at radius 3 is 1.87 bits per heavy atom. The van der Waals surface area contributed by atoms with E-state index in [1.165, 1.54) is 42.4 Å². The Hall–Kier alpha value is -1.89. The average molecular weight is 308 g/mol. The number of unbranched alkanes of at least 4 members (excludes halogenated alkanes) is 3. The number of hydrogen-bond acceptors (Lipinski definition) is 1. The molecule has 0 spiro atoms. The third-order valence-corrected chi connectivity index (χ3v) is 4.32. The molecule has 0 aliphatic carbocycles. The lowest BCUT2D eigenvalue weighted by Crippen LogP contribution is -1.98. The first kappa shape index (κ1) is 17.5. The van der Waals surface area contributed by atoms with Gasteiger partial charge in [-0.25, -0.2) is 0 Å². The van der Waals surface area contributed by atoms with E-state index in [1.54, 1.807) is 0 Å². The third-order valence-electron chi connectivity index (χ3n) is 4.32. The Morgan fingerprint density at radius 2 is 1.30 bits per heavy atom. The highest BCUT2D eigenvalue weighted by Crippen LogP contribution is 2.21. The van der Waals surface area contributed by atoms with Crippen LogP contribution in [-0.4, -0.2) is 5.78 Å². The Balaban J connectivity index is 2.00. The van der Waals surface area contributed by atoms with Gasteiger partial charge in [-0.2, -0.15) is 0 Å². The molecule has 0 unspecified atom stereocenters. The monoisotopic (exact) mass is 308 g/mol. The highest BCUT2D eigenvalue weighted by Gasteiger charge is 2.05. The fourth-order valence-electron chi connectivity index (χ4n) is 2.77. The molecule has 0 saturated heterocycles. The third kappa shape index (κ3) is 5.35. The fourth-order valence-corrected chi connectivity index (χ4v) is 2.77. The quantitative estimate of drug-likeness (QED) is 0.384. The summed E-state index contributed by atoms with van der Waals surface area (Å²) in [6.07, 6.45) is 7.69. The minimum atomic E-state index is 0.254. The summed E-state index contributed by atoms with van der Waals surface area (Å²) in [6.45, 7) is 4.35. The second kappa shape index (κ2) is 9.29. The first-order chi connectivity index (χ1) is 11.2. The lowest BCUT2D eigenvalue weighted by molar-refractivity contribution is 0.0980. The van der Waals surface area contributed by atoms with Gasteiger partial charge in [-0.3, -0.25) is 4.79 Å². The zero-order valence-corrected chi connectivity index (χ0v) is 14.5. The van der Waals surface area contributed by atoms with Gasteiger partial charge < -0.3 is 0 Å². The molecular formula is C22H28O. The standard InChI is InChI=1S/C22H28O/c1-3-5-7-8-18-10-12-19(13-11-18)20-14-16-21(17-15-20)22(23)9-6-4-2/h10-17H,3-9H2,1-2H3. The van der Waals surface area contributed by atoms with Gasteiger partial charge in [0.15, 0.2) is 5.78 Å². The smallest absolute Gasteiger partial charge is 0.162 e. The first-order valence-electron chi connectivity index (χ1n) is 8.97. The van der Waals surface area contributed by atoms with Gasteiger partial charge in [0, 0.05) is 12.0 Å². The van der Waals surface area contributed by atoms with E-state index in [4.69, 9.17) is 0 Å². The van der Waals surface area contributed by atoms with Crippen LogP contribution in [0, 0.1) is 0 Å². The van der Waals surface area contributed by atoms with Crippen molar-refractivity contribution in [2.75, 3.05) is 0 Å². The van der Waals surface area contributed by atoms with Crippen LogP contribution >= 0.6 is 0 Å². The number of rotatable bonds is 9. The van der Waals surface area contributed by atoms with E-state index in [2.05, 4.69) is 50.2 Å². The highest BCUT2D eigenvalue weighted by atomic mass is 16.1. The van der Waals surface area contributed by atoms with E-state index in [9.17, 15) is 4.79 Å². The largest absolute Gasteiger partial charge is 0.294 e. The molecule has 0 heterocycles. The summed E-state index contributed by atoms with van der Waals surface area (Å²) in [5.74, 6) is 0.254. The number of carbonyl (C=O) groups excluding carboxylic acids is 1. The zero-order chi connectivity index (χ0) is 16.5. The first-order valence-corrected chi connectivity index (χ1v) is 8.97. The van der Waals surface area contributed by atoms with Crippen LogP contribution < -0.4 is 0 Å². The van der Waals surface area contributed by atoms with E-state index in [0.29, 0.717) is 6.42 Å². The van der Waals surface area contributed by atoms with Crippen molar-refractivity contribution in [1.29, 1.82) is 0 Å². The molecule has 2 aromatic carbocycles. The van der Waals surface area contributed by atoms with E-state index >= 15 is 0 Å². The maximum absolute atomic E-state index is 12.0. The van der Waals surface area contributed by atoms with Gasteiger partial charge in [0.2, 0.25) is 0 Å². The predicted molar refractivity (Wildman–Crippen MR) is 99.0 cm³/mol. The molecule has 0 aromatic heterocycles. The second-order valence-electron chi connectivity index (χ2n) is 6.26. The molecule has 0 radical (unpaired) electrons. The Labute approximate surface area is 140 Å². The maximum atomic E-state index is 12.0. The normalized spacial score (nSPS) is 10.7. The molecule has 0 amide bonds. The molecule has 0 aliphatic heterocycles. The number of ketones is 1. The number of hydrogen-bond donors (Lipinski definition) is 0. The Morgan fingerprint density at radius 1 is 0.739 bits per heavy atom. The molecule has 2 aromatic rings. The number of benzene rings is 2. The van der Waals surface area contributed by atoms with Gasteiger partial charge >= 0.3 is 0 Å². The number of carbonyl (C=O) groups is 1. The molecule has 1 nitrogen and oxygen atoms in total. The van der Waals surface area contributed by atoms with Crippen molar-refractivity contribution >= 4 is 5.78 Å². The molecule has 0 aliphatic rings. The highest BCUT2D eigenvalue weighted by molar-refractivity contribution is 5.96. The molecule has 1 heteroatoms. The van der Waals surface area contributed by atoms with Gasteiger partial charge in [0.1, 0.15) is 0 Å². The summed E-state index contributed by atoms with van der Waals surface area (Å²) in [5.41, 5.74) is 4.64. The predicted octanol–water partition coefficient (Wildman–Crippen LogP) is 6.46. The summed E-state index contributed by atoms with van der Waals surface area (Å²) >= 11 is 0. The van der Waals surface area contributed by atoms with Gasteiger partial charge in [-0.1, -0.05) is 81.6 Å². The molecule has 0 saturated carbocycles.